The number of likely N-dealkylation sites (tertiary alicyclic amines) is 2. The van der Waals surface area contributed by atoms with E-state index in [-0.39, 0.29) is 36.0 Å². The van der Waals surface area contributed by atoms with Gasteiger partial charge in [0.25, 0.3) is 0 Å². The van der Waals surface area contributed by atoms with Crippen molar-refractivity contribution in [2.75, 3.05) is 41.3 Å². The highest BCUT2D eigenvalue weighted by Crippen LogP contribution is 2.44. The molecule has 2 fully saturated rings. The molecule has 0 bridgehead atoms. The molecule has 3 aliphatic rings. The quantitative estimate of drug-likeness (QED) is 0.119. The molecule has 4 heterocycles. The van der Waals surface area contributed by atoms with Crippen molar-refractivity contribution >= 4 is 11.8 Å². The molecule has 5 atom stereocenters. The van der Waals surface area contributed by atoms with Crippen LogP contribution in [0.3, 0.4) is 0 Å². The Morgan fingerprint density at radius 1 is 0.606 bits per heavy atom. The maximum atomic E-state index is 14.1. The summed E-state index contributed by atoms with van der Waals surface area (Å²) >= 11 is 0. The van der Waals surface area contributed by atoms with Crippen LogP contribution in [0.25, 0.3) is 22.5 Å². The Bertz CT molecular complexity index is 2790. The first kappa shape index (κ1) is 43.1. The molecule has 2 aliphatic heterocycles. The summed E-state index contributed by atoms with van der Waals surface area (Å²) in [5.41, 5.74) is 8.91. The van der Waals surface area contributed by atoms with Crippen LogP contribution in [0.4, 0.5) is 0 Å². The summed E-state index contributed by atoms with van der Waals surface area (Å²) in [7, 11) is 7.86. The van der Waals surface area contributed by atoms with Gasteiger partial charge in [0.1, 0.15) is 35.1 Å². The van der Waals surface area contributed by atoms with E-state index in [1.165, 1.54) is 11.1 Å². The maximum absolute atomic E-state index is 14.1. The maximum Gasteiger partial charge on any atom is 0.245 e. The number of fused-ring (bicyclic) bond motifs is 1. The summed E-state index contributed by atoms with van der Waals surface area (Å²) in [5.74, 6) is 2.62. The Balaban J connectivity index is 0.848. The number of hydrogen-bond donors (Lipinski definition) is 2. The number of H-pyrrole nitrogens is 2. The Labute approximate surface area is 387 Å². The molecule has 1 unspecified atom stereocenters. The van der Waals surface area contributed by atoms with Gasteiger partial charge in [-0.25, -0.2) is 9.97 Å². The first-order valence-electron chi connectivity index (χ1n) is 23.3. The standard InChI is InChI=1S/C55H58N8O3/c1-60(2)49(38-16-8-5-9-17-38)53(64)62-30-14-22-47(62)51-56-35-45(58-51)37-26-28-44(29-27-37)66-55(43-20-12-7-13-21-43)33-41-25-24-40(32-42(41)34-55)46-36-57-52(59-46)48-23-15-31-63(48)54(65)50(61(3)4)39-18-10-6-11-19-39/h5-13,16-21,24-29,32,35-36,47-50H,14-15,22-23,30-31,33-34H2,1-4H3,(H,56,58)(H,57,59)/t47-,48-,49+,50+,55?/m0/s1. The number of rotatable bonds is 13. The SMILES string of the molecule is CN(C)[C@@H](C(=O)N1CCC[C@H]1c1ncc(-c2ccc(OC3(c4ccccc4)Cc4ccc(-c5cnc([C@@H]6CCCN6C(=O)[C@@H](c6ccccc6)N(C)C)[nH]5)cc4C3)cc2)[nH]1)c1ccccc1. The van der Waals surface area contributed by atoms with E-state index in [4.69, 9.17) is 14.7 Å². The molecule has 11 heteroatoms. The van der Waals surface area contributed by atoms with Gasteiger partial charge in [0.05, 0.1) is 35.9 Å². The zero-order valence-corrected chi connectivity index (χ0v) is 38.2. The van der Waals surface area contributed by atoms with Gasteiger partial charge in [-0.2, -0.15) is 0 Å². The van der Waals surface area contributed by atoms with Gasteiger partial charge in [-0.3, -0.25) is 19.4 Å². The lowest BCUT2D eigenvalue weighted by atomic mass is 9.90. The van der Waals surface area contributed by atoms with Gasteiger partial charge < -0.3 is 24.5 Å². The highest BCUT2D eigenvalue weighted by atomic mass is 16.5. The molecule has 10 rings (SSSR count). The first-order chi connectivity index (χ1) is 32.2. The summed E-state index contributed by atoms with van der Waals surface area (Å²) in [6.45, 7) is 1.41. The van der Waals surface area contributed by atoms with E-state index in [0.717, 1.165) is 88.7 Å². The number of carbonyl (C=O) groups is 2. The number of benzene rings is 5. The van der Waals surface area contributed by atoms with Gasteiger partial charge in [-0.15, -0.1) is 0 Å². The second-order valence-electron chi connectivity index (χ2n) is 18.6. The number of aromatic nitrogens is 4. The third kappa shape index (κ3) is 8.33. The second-order valence-corrected chi connectivity index (χ2v) is 18.6. The number of imidazole rings is 2. The Hall–Kier alpha value is -6.82. The van der Waals surface area contributed by atoms with Crippen LogP contribution in [0, 0.1) is 0 Å². The molecular weight excluding hydrogens is 821 g/mol. The van der Waals surface area contributed by atoms with E-state index in [9.17, 15) is 9.59 Å². The van der Waals surface area contributed by atoms with Crippen LogP contribution in [-0.4, -0.2) is 92.6 Å². The predicted molar refractivity (Wildman–Crippen MR) is 257 cm³/mol. The lowest BCUT2D eigenvalue weighted by Crippen LogP contribution is -2.40. The van der Waals surface area contributed by atoms with Gasteiger partial charge in [0, 0.05) is 25.9 Å². The van der Waals surface area contributed by atoms with Crippen molar-refractivity contribution in [1.29, 1.82) is 0 Å². The van der Waals surface area contributed by atoms with Crippen molar-refractivity contribution in [2.24, 2.45) is 0 Å². The smallest absolute Gasteiger partial charge is 0.245 e. The monoisotopic (exact) mass is 878 g/mol. The van der Waals surface area contributed by atoms with Crippen molar-refractivity contribution in [1.82, 2.24) is 39.5 Å². The molecule has 0 radical (unpaired) electrons. The van der Waals surface area contributed by atoms with Gasteiger partial charge in [-0.1, -0.05) is 103 Å². The molecule has 66 heavy (non-hydrogen) atoms. The molecule has 0 spiro atoms. The van der Waals surface area contributed by atoms with Crippen LogP contribution in [-0.2, 0) is 28.0 Å². The highest BCUT2D eigenvalue weighted by molar-refractivity contribution is 5.84. The van der Waals surface area contributed by atoms with Crippen LogP contribution in [0.5, 0.6) is 5.75 Å². The Morgan fingerprint density at radius 3 is 1.59 bits per heavy atom. The minimum Gasteiger partial charge on any atom is -0.482 e. The largest absolute Gasteiger partial charge is 0.482 e. The average molecular weight is 879 g/mol. The molecule has 336 valence electrons. The van der Waals surface area contributed by atoms with E-state index < -0.39 is 5.60 Å². The third-order valence-electron chi connectivity index (χ3n) is 13.9. The van der Waals surface area contributed by atoms with Gasteiger partial charge >= 0.3 is 0 Å². The van der Waals surface area contributed by atoms with Gasteiger partial charge in [0.2, 0.25) is 11.8 Å². The predicted octanol–water partition coefficient (Wildman–Crippen LogP) is 9.47. The number of nitrogens with zero attached hydrogens (tertiary/aromatic N) is 6. The lowest BCUT2D eigenvalue weighted by molar-refractivity contribution is -0.138. The summed E-state index contributed by atoms with van der Waals surface area (Å²) < 4.78 is 7.11. The fourth-order valence-corrected chi connectivity index (χ4v) is 10.7. The fraction of sp³-hybridized carbons (Fsp3) is 0.309. The number of aromatic amines is 2. The van der Waals surface area contributed by atoms with E-state index in [2.05, 4.69) is 64.6 Å². The minimum absolute atomic E-state index is 0.0969. The van der Waals surface area contributed by atoms with Crippen molar-refractivity contribution < 1.29 is 14.3 Å². The van der Waals surface area contributed by atoms with E-state index in [1.807, 2.05) is 139 Å². The lowest BCUT2D eigenvalue weighted by Gasteiger charge is -2.31. The van der Waals surface area contributed by atoms with Crippen molar-refractivity contribution in [3.8, 4) is 28.3 Å². The number of amides is 2. The highest BCUT2D eigenvalue weighted by Gasteiger charge is 2.42. The average Bonchev–Trinajstić information content (AvgIpc) is 4.20. The summed E-state index contributed by atoms with van der Waals surface area (Å²) in [6, 6.07) is 44.6. The van der Waals surface area contributed by atoms with Crippen LogP contribution >= 0.6 is 0 Å². The number of nitrogens with one attached hydrogen (secondary N) is 2. The van der Waals surface area contributed by atoms with E-state index >= 15 is 0 Å². The van der Waals surface area contributed by atoms with Gasteiger partial charge in [-0.05, 0) is 123 Å². The topological polar surface area (TPSA) is 114 Å². The molecule has 2 N–H and O–H groups in total. The van der Waals surface area contributed by atoms with E-state index in [1.54, 1.807) is 0 Å². The number of carbonyl (C=O) groups excluding carboxylic acids is 2. The van der Waals surface area contributed by atoms with Crippen molar-refractivity contribution in [2.45, 2.75) is 68.3 Å². The fourth-order valence-electron chi connectivity index (χ4n) is 10.7. The molecule has 5 aromatic carbocycles. The Kier molecular flexibility index (Phi) is 11.9. The molecule has 2 aromatic heterocycles. The molecule has 2 saturated heterocycles. The Morgan fingerprint density at radius 2 is 1.08 bits per heavy atom. The first-order valence-corrected chi connectivity index (χ1v) is 23.3. The summed E-state index contributed by atoms with van der Waals surface area (Å²) in [5, 5.41) is 0. The zero-order valence-electron chi connectivity index (χ0n) is 38.2. The van der Waals surface area contributed by atoms with Crippen LogP contribution in [0.15, 0.2) is 146 Å². The van der Waals surface area contributed by atoms with Gasteiger partial charge in [0.15, 0.2) is 0 Å². The number of likely N-dealkylation sites (N-methyl/N-ethyl adjacent to an activating group) is 2. The van der Waals surface area contributed by atoms with Crippen LogP contribution in [0.2, 0.25) is 0 Å². The molecule has 7 aromatic rings. The van der Waals surface area contributed by atoms with Crippen molar-refractivity contribution in [3.63, 3.8) is 0 Å². The van der Waals surface area contributed by atoms with Crippen molar-refractivity contribution in [3.05, 3.63) is 185 Å². The zero-order chi connectivity index (χ0) is 45.4. The van der Waals surface area contributed by atoms with E-state index in [0.29, 0.717) is 19.5 Å². The molecule has 1 aliphatic carbocycles. The molecule has 0 saturated carbocycles. The normalized spacial score (nSPS) is 20.2. The number of ether oxygens (including phenoxy) is 1. The van der Waals surface area contributed by atoms with Crippen LogP contribution < -0.4 is 4.74 Å². The molecular formula is C55H58N8O3. The number of hydrogen-bond acceptors (Lipinski definition) is 7. The molecule has 11 nitrogen and oxygen atoms in total. The summed E-state index contributed by atoms with van der Waals surface area (Å²) in [4.78, 5) is 53.1. The van der Waals surface area contributed by atoms with Crippen LogP contribution in [0.1, 0.15) is 89.3 Å². The summed E-state index contributed by atoms with van der Waals surface area (Å²) in [6.07, 6.45) is 8.83. The third-order valence-corrected chi connectivity index (χ3v) is 13.9. The minimum atomic E-state index is -0.598. The second kappa shape index (κ2) is 18.2. The molecule has 2 amide bonds.